The van der Waals surface area contributed by atoms with Gasteiger partial charge in [-0.05, 0) is 24.0 Å². The third-order valence-electron chi connectivity index (χ3n) is 2.86. The number of imide groups is 1. The standard InChI is InChI=1S/C14H15NO2/c1-2-3-6-10-7-4-5-8-11(10)12-9-13(16)15-14(12)17/h4-5,7-9H,2-3,6H2,1H3,(H,15,16,17). The number of benzene rings is 1. The Morgan fingerprint density at radius 1 is 1.18 bits per heavy atom. The van der Waals surface area contributed by atoms with E-state index in [1.165, 1.54) is 6.08 Å². The van der Waals surface area contributed by atoms with Crippen molar-refractivity contribution >= 4 is 17.4 Å². The van der Waals surface area contributed by atoms with Gasteiger partial charge in [0, 0.05) is 6.08 Å². The molecule has 0 saturated heterocycles. The molecule has 88 valence electrons. The molecule has 1 heterocycles. The van der Waals surface area contributed by atoms with Gasteiger partial charge in [-0.1, -0.05) is 37.6 Å². The first-order chi connectivity index (χ1) is 8.22. The zero-order chi connectivity index (χ0) is 12.3. The zero-order valence-electron chi connectivity index (χ0n) is 9.82. The molecule has 0 fully saturated rings. The molecule has 1 aromatic carbocycles. The Hall–Kier alpha value is -1.90. The van der Waals surface area contributed by atoms with Crippen LogP contribution in [0.15, 0.2) is 30.3 Å². The number of unbranched alkanes of at least 4 members (excludes halogenated alkanes) is 1. The molecule has 2 amide bonds. The fourth-order valence-corrected chi connectivity index (χ4v) is 1.98. The van der Waals surface area contributed by atoms with Gasteiger partial charge in [0.15, 0.2) is 0 Å². The molecule has 2 rings (SSSR count). The maximum Gasteiger partial charge on any atom is 0.258 e. The van der Waals surface area contributed by atoms with Crippen LogP contribution in [0.5, 0.6) is 0 Å². The molecule has 0 aromatic heterocycles. The first kappa shape index (κ1) is 11.6. The van der Waals surface area contributed by atoms with Crippen LogP contribution in [0.3, 0.4) is 0 Å². The van der Waals surface area contributed by atoms with Crippen molar-refractivity contribution in [1.29, 1.82) is 0 Å². The van der Waals surface area contributed by atoms with Crippen LogP contribution in [0.2, 0.25) is 0 Å². The number of amides is 2. The predicted octanol–water partition coefficient (Wildman–Crippen LogP) is 2.07. The number of nitrogens with one attached hydrogen (secondary N) is 1. The van der Waals surface area contributed by atoms with Gasteiger partial charge < -0.3 is 0 Å². The molecule has 17 heavy (non-hydrogen) atoms. The molecule has 1 aliphatic rings. The number of carbonyl (C=O) groups excluding carboxylic acids is 2. The van der Waals surface area contributed by atoms with Gasteiger partial charge in [-0.2, -0.15) is 0 Å². The van der Waals surface area contributed by atoms with Gasteiger partial charge in [0.05, 0.1) is 5.57 Å². The second-order valence-corrected chi connectivity index (χ2v) is 4.14. The number of carbonyl (C=O) groups is 2. The molecule has 0 bridgehead atoms. The minimum absolute atomic E-state index is 0.293. The Bertz CT molecular complexity index is 489. The van der Waals surface area contributed by atoms with Crippen molar-refractivity contribution in [1.82, 2.24) is 5.32 Å². The largest absolute Gasteiger partial charge is 0.289 e. The van der Waals surface area contributed by atoms with E-state index in [0.717, 1.165) is 30.4 Å². The number of hydrogen-bond acceptors (Lipinski definition) is 2. The maximum atomic E-state index is 11.6. The van der Waals surface area contributed by atoms with Crippen LogP contribution in [-0.2, 0) is 16.0 Å². The predicted molar refractivity (Wildman–Crippen MR) is 66.2 cm³/mol. The minimum atomic E-state index is -0.324. The van der Waals surface area contributed by atoms with Crippen molar-refractivity contribution in [3.05, 3.63) is 41.5 Å². The Morgan fingerprint density at radius 2 is 1.94 bits per heavy atom. The lowest BCUT2D eigenvalue weighted by atomic mass is 9.96. The number of hydrogen-bond donors (Lipinski definition) is 1. The molecule has 0 radical (unpaired) electrons. The van der Waals surface area contributed by atoms with Crippen molar-refractivity contribution in [3.8, 4) is 0 Å². The highest BCUT2D eigenvalue weighted by molar-refractivity contribution is 6.33. The molecule has 1 aromatic rings. The Kier molecular flexibility index (Phi) is 3.38. The average molecular weight is 229 g/mol. The van der Waals surface area contributed by atoms with E-state index in [2.05, 4.69) is 12.2 Å². The van der Waals surface area contributed by atoms with Gasteiger partial charge >= 0.3 is 0 Å². The summed E-state index contributed by atoms with van der Waals surface area (Å²) >= 11 is 0. The first-order valence-corrected chi connectivity index (χ1v) is 5.87. The van der Waals surface area contributed by atoms with Crippen molar-refractivity contribution in [2.24, 2.45) is 0 Å². The summed E-state index contributed by atoms with van der Waals surface area (Å²) in [6, 6.07) is 7.77. The second-order valence-electron chi connectivity index (χ2n) is 4.14. The van der Waals surface area contributed by atoms with Crippen molar-refractivity contribution < 1.29 is 9.59 Å². The van der Waals surface area contributed by atoms with E-state index >= 15 is 0 Å². The van der Waals surface area contributed by atoms with Crippen LogP contribution in [0.25, 0.3) is 5.57 Å². The van der Waals surface area contributed by atoms with Crippen LogP contribution in [-0.4, -0.2) is 11.8 Å². The summed E-state index contributed by atoms with van der Waals surface area (Å²) in [5, 5.41) is 2.28. The van der Waals surface area contributed by atoms with Gasteiger partial charge in [0.1, 0.15) is 0 Å². The molecule has 1 N–H and O–H groups in total. The first-order valence-electron chi connectivity index (χ1n) is 5.87. The van der Waals surface area contributed by atoms with Crippen LogP contribution in [0, 0.1) is 0 Å². The van der Waals surface area contributed by atoms with E-state index < -0.39 is 0 Å². The van der Waals surface area contributed by atoms with Gasteiger partial charge in [-0.25, -0.2) is 0 Å². The highest BCUT2D eigenvalue weighted by atomic mass is 16.2. The summed E-state index contributed by atoms with van der Waals surface area (Å²) in [7, 11) is 0. The smallest absolute Gasteiger partial charge is 0.258 e. The van der Waals surface area contributed by atoms with E-state index in [1.54, 1.807) is 0 Å². The SMILES string of the molecule is CCCCc1ccccc1C1=CC(=O)NC1=O. The lowest BCUT2D eigenvalue weighted by Crippen LogP contribution is -2.22. The van der Waals surface area contributed by atoms with Gasteiger partial charge in [-0.15, -0.1) is 0 Å². The van der Waals surface area contributed by atoms with E-state index in [4.69, 9.17) is 0 Å². The van der Waals surface area contributed by atoms with Crippen LogP contribution in [0.4, 0.5) is 0 Å². The molecule has 0 saturated carbocycles. The molecular formula is C14H15NO2. The molecular weight excluding hydrogens is 214 g/mol. The molecule has 3 heteroatoms. The highest BCUT2D eigenvalue weighted by Crippen LogP contribution is 2.23. The third kappa shape index (κ3) is 2.44. The summed E-state index contributed by atoms with van der Waals surface area (Å²) in [4.78, 5) is 22.8. The summed E-state index contributed by atoms with van der Waals surface area (Å²) in [5.41, 5.74) is 2.50. The van der Waals surface area contributed by atoms with Crippen LogP contribution in [0.1, 0.15) is 30.9 Å². The van der Waals surface area contributed by atoms with Crippen LogP contribution < -0.4 is 5.32 Å². The second kappa shape index (κ2) is 4.95. The van der Waals surface area contributed by atoms with Gasteiger partial charge in [0.25, 0.3) is 11.8 Å². The lowest BCUT2D eigenvalue weighted by molar-refractivity contribution is -0.123. The summed E-state index contributed by atoms with van der Waals surface area (Å²) in [6.45, 7) is 2.13. The van der Waals surface area contributed by atoms with Crippen LogP contribution >= 0.6 is 0 Å². The average Bonchev–Trinajstić information content (AvgIpc) is 2.66. The van der Waals surface area contributed by atoms with E-state index in [0.29, 0.717) is 5.57 Å². The fraction of sp³-hybridized carbons (Fsp3) is 0.286. The molecule has 0 unspecified atom stereocenters. The fourth-order valence-electron chi connectivity index (χ4n) is 1.98. The minimum Gasteiger partial charge on any atom is -0.289 e. The molecule has 0 atom stereocenters. The summed E-state index contributed by atoms with van der Waals surface area (Å²) in [6.07, 6.45) is 4.51. The van der Waals surface area contributed by atoms with E-state index in [-0.39, 0.29) is 11.8 Å². The Balaban J connectivity index is 2.35. The van der Waals surface area contributed by atoms with Gasteiger partial charge in [0.2, 0.25) is 0 Å². The van der Waals surface area contributed by atoms with Crippen molar-refractivity contribution in [2.45, 2.75) is 26.2 Å². The summed E-state index contributed by atoms with van der Waals surface area (Å²) < 4.78 is 0. The number of aryl methyl sites for hydroxylation is 1. The molecule has 0 spiro atoms. The van der Waals surface area contributed by atoms with Crippen molar-refractivity contribution in [3.63, 3.8) is 0 Å². The topological polar surface area (TPSA) is 46.2 Å². The monoisotopic (exact) mass is 229 g/mol. The van der Waals surface area contributed by atoms with Gasteiger partial charge in [-0.3, -0.25) is 14.9 Å². The summed E-state index contributed by atoms with van der Waals surface area (Å²) in [5.74, 6) is -0.616. The Labute approximate surface area is 101 Å². The third-order valence-corrected chi connectivity index (χ3v) is 2.86. The molecule has 1 aliphatic heterocycles. The van der Waals surface area contributed by atoms with E-state index in [9.17, 15) is 9.59 Å². The normalized spacial score (nSPS) is 14.8. The van der Waals surface area contributed by atoms with E-state index in [1.807, 2.05) is 24.3 Å². The zero-order valence-corrected chi connectivity index (χ0v) is 9.82. The Morgan fingerprint density at radius 3 is 2.59 bits per heavy atom. The molecule has 0 aliphatic carbocycles. The lowest BCUT2D eigenvalue weighted by Gasteiger charge is -2.08. The molecule has 3 nitrogen and oxygen atoms in total. The maximum absolute atomic E-state index is 11.6. The number of rotatable bonds is 4. The quantitative estimate of drug-likeness (QED) is 0.803. The highest BCUT2D eigenvalue weighted by Gasteiger charge is 2.23. The van der Waals surface area contributed by atoms with Crippen molar-refractivity contribution in [2.75, 3.05) is 0 Å².